The summed E-state index contributed by atoms with van der Waals surface area (Å²) in [5.74, 6) is 0.972. The first-order valence-corrected chi connectivity index (χ1v) is 5.38. The zero-order valence-corrected chi connectivity index (χ0v) is 8.52. The van der Waals surface area contributed by atoms with E-state index < -0.39 is 0 Å². The molecule has 1 aromatic carbocycles. The summed E-state index contributed by atoms with van der Waals surface area (Å²) >= 11 is 0. The summed E-state index contributed by atoms with van der Waals surface area (Å²) in [6.45, 7) is 0.750. The van der Waals surface area contributed by atoms with Crippen molar-refractivity contribution in [3.05, 3.63) is 29.8 Å². The molecule has 2 atom stereocenters. The van der Waals surface area contributed by atoms with Gasteiger partial charge in [-0.2, -0.15) is 0 Å². The number of carbonyl (C=O) groups excluding carboxylic acids is 1. The largest absolute Gasteiger partial charge is 0.399 e. The lowest BCUT2D eigenvalue weighted by Crippen LogP contribution is -2.27. The summed E-state index contributed by atoms with van der Waals surface area (Å²) in [7, 11) is 0. The maximum atomic E-state index is 11.6. The van der Waals surface area contributed by atoms with E-state index in [1.54, 1.807) is 0 Å². The molecule has 1 amide bonds. The first-order valence-electron chi connectivity index (χ1n) is 5.38. The fourth-order valence-electron chi connectivity index (χ4n) is 2.38. The van der Waals surface area contributed by atoms with Crippen LogP contribution in [0.2, 0.25) is 0 Å². The van der Waals surface area contributed by atoms with E-state index in [9.17, 15) is 4.79 Å². The maximum Gasteiger partial charge on any atom is 0.223 e. The van der Waals surface area contributed by atoms with E-state index in [1.165, 1.54) is 12.0 Å². The highest BCUT2D eigenvalue weighted by atomic mass is 16.2. The van der Waals surface area contributed by atoms with E-state index in [4.69, 9.17) is 5.73 Å². The number of nitrogens with zero attached hydrogens (tertiary/aromatic N) is 1. The van der Waals surface area contributed by atoms with Gasteiger partial charge in [-0.3, -0.25) is 4.79 Å². The zero-order valence-electron chi connectivity index (χ0n) is 8.52. The second kappa shape index (κ2) is 2.99. The van der Waals surface area contributed by atoms with E-state index in [0.29, 0.717) is 17.9 Å². The van der Waals surface area contributed by atoms with Gasteiger partial charge in [-0.25, -0.2) is 0 Å². The number of likely N-dealkylation sites (tertiary alicyclic amines) is 1. The molecule has 1 aliphatic carbocycles. The van der Waals surface area contributed by atoms with Gasteiger partial charge in [-0.1, -0.05) is 12.1 Å². The van der Waals surface area contributed by atoms with Crippen LogP contribution in [0.25, 0.3) is 0 Å². The predicted octanol–water partition coefficient (Wildman–Crippen LogP) is 1.39. The van der Waals surface area contributed by atoms with Crippen LogP contribution in [0.1, 0.15) is 18.4 Å². The van der Waals surface area contributed by atoms with Crippen molar-refractivity contribution in [3.8, 4) is 0 Å². The molecule has 0 spiro atoms. The summed E-state index contributed by atoms with van der Waals surface area (Å²) in [5.41, 5.74) is 7.56. The van der Waals surface area contributed by atoms with Gasteiger partial charge in [-0.15, -0.1) is 0 Å². The van der Waals surface area contributed by atoms with Gasteiger partial charge in [0.2, 0.25) is 5.91 Å². The van der Waals surface area contributed by atoms with E-state index in [1.807, 2.05) is 29.2 Å². The van der Waals surface area contributed by atoms with E-state index >= 15 is 0 Å². The Morgan fingerprint density at radius 1 is 1.33 bits per heavy atom. The number of rotatable bonds is 2. The van der Waals surface area contributed by atoms with Gasteiger partial charge in [0, 0.05) is 24.7 Å². The highest BCUT2D eigenvalue weighted by Crippen LogP contribution is 2.45. The van der Waals surface area contributed by atoms with Crippen molar-refractivity contribution < 1.29 is 4.79 Å². The number of hydrogen-bond donors (Lipinski definition) is 1. The van der Waals surface area contributed by atoms with Gasteiger partial charge in [-0.05, 0) is 30.0 Å². The summed E-state index contributed by atoms with van der Waals surface area (Å²) in [4.78, 5) is 13.6. The summed E-state index contributed by atoms with van der Waals surface area (Å²) in [6, 6.07) is 8.31. The molecule has 0 radical (unpaired) electrons. The Labute approximate surface area is 88.9 Å². The quantitative estimate of drug-likeness (QED) is 0.737. The molecule has 0 aromatic heterocycles. The van der Waals surface area contributed by atoms with E-state index in [2.05, 4.69) is 0 Å². The van der Waals surface area contributed by atoms with Crippen molar-refractivity contribution in [2.24, 2.45) is 5.92 Å². The monoisotopic (exact) mass is 202 g/mol. The molecule has 1 saturated carbocycles. The Bertz CT molecular complexity index is 399. The van der Waals surface area contributed by atoms with Crippen LogP contribution in [0, 0.1) is 5.92 Å². The smallest absolute Gasteiger partial charge is 0.223 e. The van der Waals surface area contributed by atoms with Gasteiger partial charge >= 0.3 is 0 Å². The Balaban J connectivity index is 1.74. The van der Waals surface area contributed by atoms with Crippen LogP contribution in [0.3, 0.4) is 0 Å². The highest BCUT2D eigenvalue weighted by molar-refractivity contribution is 5.81. The summed E-state index contributed by atoms with van der Waals surface area (Å²) in [5, 5.41) is 0. The molecule has 2 fully saturated rings. The van der Waals surface area contributed by atoms with Crippen molar-refractivity contribution in [3.63, 3.8) is 0 Å². The average Bonchev–Trinajstić information content (AvgIpc) is 2.90. The first kappa shape index (κ1) is 8.77. The normalized spacial score (nSPS) is 28.0. The number of nitrogens with two attached hydrogens (primary N) is 1. The van der Waals surface area contributed by atoms with E-state index in [0.717, 1.165) is 18.7 Å². The number of piperidine rings is 1. The summed E-state index contributed by atoms with van der Waals surface area (Å²) < 4.78 is 0. The zero-order chi connectivity index (χ0) is 10.4. The Hall–Kier alpha value is -1.51. The predicted molar refractivity (Wildman–Crippen MR) is 57.9 cm³/mol. The van der Waals surface area contributed by atoms with Crippen LogP contribution in [-0.4, -0.2) is 16.8 Å². The van der Waals surface area contributed by atoms with Gasteiger partial charge in [0.25, 0.3) is 0 Å². The maximum absolute atomic E-state index is 11.6. The van der Waals surface area contributed by atoms with Crippen molar-refractivity contribution >= 4 is 11.6 Å². The van der Waals surface area contributed by atoms with Crippen molar-refractivity contribution in [2.75, 3.05) is 5.73 Å². The number of benzene rings is 1. The van der Waals surface area contributed by atoms with Gasteiger partial charge in [0.1, 0.15) is 0 Å². The third-order valence-corrected chi connectivity index (χ3v) is 3.38. The second-order valence-electron chi connectivity index (χ2n) is 4.53. The third kappa shape index (κ3) is 1.48. The van der Waals surface area contributed by atoms with Crippen LogP contribution in [0.5, 0.6) is 0 Å². The average molecular weight is 202 g/mol. The molecule has 1 saturated heterocycles. The van der Waals surface area contributed by atoms with E-state index in [-0.39, 0.29) is 0 Å². The fraction of sp³-hybridized carbons (Fsp3) is 0.417. The minimum atomic E-state index is 0.313. The number of amides is 1. The first-order chi connectivity index (χ1) is 7.24. The third-order valence-electron chi connectivity index (χ3n) is 3.38. The van der Waals surface area contributed by atoms with Crippen LogP contribution in [-0.2, 0) is 11.3 Å². The number of hydrogen-bond acceptors (Lipinski definition) is 2. The molecule has 2 N–H and O–H groups in total. The van der Waals surface area contributed by atoms with Crippen LogP contribution in [0.4, 0.5) is 5.69 Å². The van der Waals surface area contributed by atoms with Gasteiger partial charge in [0.05, 0.1) is 0 Å². The highest BCUT2D eigenvalue weighted by Gasteiger charge is 2.50. The second-order valence-corrected chi connectivity index (χ2v) is 4.53. The summed E-state index contributed by atoms with van der Waals surface area (Å²) in [6.07, 6.45) is 1.97. The number of anilines is 1. The molecule has 0 bridgehead atoms. The van der Waals surface area contributed by atoms with Crippen LogP contribution < -0.4 is 5.73 Å². The topological polar surface area (TPSA) is 46.3 Å². The van der Waals surface area contributed by atoms with Gasteiger partial charge < -0.3 is 10.6 Å². The molecule has 1 aliphatic heterocycles. The molecule has 2 aliphatic rings. The van der Waals surface area contributed by atoms with Crippen LogP contribution >= 0.6 is 0 Å². The molecule has 3 rings (SSSR count). The van der Waals surface area contributed by atoms with Crippen molar-refractivity contribution in [1.82, 2.24) is 4.90 Å². The standard InChI is InChI=1S/C12H14N2O/c13-10-3-1-8(2-4-10)7-14-11-5-9(11)6-12(14)15/h1-4,9,11H,5-7,13H2. The fourth-order valence-corrected chi connectivity index (χ4v) is 2.38. The minimum absolute atomic E-state index is 0.313. The van der Waals surface area contributed by atoms with Gasteiger partial charge in [0.15, 0.2) is 0 Å². The number of nitrogen functional groups attached to an aromatic ring is 1. The Morgan fingerprint density at radius 3 is 2.67 bits per heavy atom. The number of fused-ring (bicyclic) bond motifs is 1. The molecule has 3 heteroatoms. The molecule has 15 heavy (non-hydrogen) atoms. The molecule has 2 unspecified atom stereocenters. The van der Waals surface area contributed by atoms with Crippen LogP contribution in [0.15, 0.2) is 24.3 Å². The lowest BCUT2D eigenvalue weighted by molar-refractivity contribution is -0.129. The molecule has 3 nitrogen and oxygen atoms in total. The molecular weight excluding hydrogens is 188 g/mol. The molecule has 1 heterocycles. The van der Waals surface area contributed by atoms with Crippen molar-refractivity contribution in [2.45, 2.75) is 25.4 Å². The Morgan fingerprint density at radius 2 is 2.07 bits per heavy atom. The van der Waals surface area contributed by atoms with Crippen molar-refractivity contribution in [1.29, 1.82) is 0 Å². The minimum Gasteiger partial charge on any atom is -0.399 e. The molecule has 78 valence electrons. The number of carbonyl (C=O) groups is 1. The lowest BCUT2D eigenvalue weighted by Gasteiger charge is -2.18. The molecule has 1 aromatic rings. The Kier molecular flexibility index (Phi) is 1.75. The SMILES string of the molecule is Nc1ccc(CN2C(=O)CC3CC32)cc1. The lowest BCUT2D eigenvalue weighted by atomic mass is 10.2. The molecular formula is C12H14N2O.